The van der Waals surface area contributed by atoms with Gasteiger partial charge in [-0.1, -0.05) is 41.4 Å². The summed E-state index contributed by atoms with van der Waals surface area (Å²) in [6, 6.07) is 12.1. The third kappa shape index (κ3) is 3.05. The molecule has 2 heterocycles. The fraction of sp³-hybridized carbons (Fsp3) is 0.0500. The Morgan fingerprint density at radius 2 is 1.85 bits per heavy atom. The van der Waals surface area contributed by atoms with E-state index in [9.17, 15) is 9.59 Å². The van der Waals surface area contributed by atoms with Crippen molar-refractivity contribution in [2.75, 3.05) is 5.01 Å². The number of fused-ring (bicyclic) bond motifs is 1. The number of halogens is 2. The SMILES string of the molecule is CC1=NN(c2ccccc2)C(=O)/C1=C/c1coc2c(Cl)cc(Cl)cc2c1=O. The maximum Gasteiger partial charge on any atom is 0.280 e. The maximum absolute atomic E-state index is 12.8. The number of rotatable bonds is 2. The third-order valence-electron chi connectivity index (χ3n) is 4.18. The predicted octanol–water partition coefficient (Wildman–Crippen LogP) is 4.91. The highest BCUT2D eigenvalue weighted by Gasteiger charge is 2.29. The van der Waals surface area contributed by atoms with Crippen LogP contribution < -0.4 is 10.4 Å². The van der Waals surface area contributed by atoms with E-state index >= 15 is 0 Å². The summed E-state index contributed by atoms with van der Waals surface area (Å²) in [6.07, 6.45) is 2.76. The Morgan fingerprint density at radius 3 is 2.59 bits per heavy atom. The van der Waals surface area contributed by atoms with Gasteiger partial charge >= 0.3 is 0 Å². The standard InChI is InChI=1S/C20H12Cl2N2O3/c1-11-15(20(26)24(23-11)14-5-3-2-4-6-14)7-12-10-27-19-16(18(12)25)8-13(21)9-17(19)22/h2-10H,1H3/b15-7+. The molecule has 5 nitrogen and oxygen atoms in total. The molecule has 4 rings (SSSR count). The van der Waals surface area contributed by atoms with E-state index in [-0.39, 0.29) is 32.9 Å². The number of hydrogen-bond acceptors (Lipinski definition) is 4. The van der Waals surface area contributed by atoms with Gasteiger partial charge in [-0.3, -0.25) is 9.59 Å². The number of hydrogen-bond donors (Lipinski definition) is 0. The molecule has 0 bridgehead atoms. The Morgan fingerprint density at radius 1 is 1.11 bits per heavy atom. The molecule has 0 unspecified atom stereocenters. The van der Waals surface area contributed by atoms with Gasteiger partial charge in [-0.05, 0) is 37.3 Å². The molecule has 7 heteroatoms. The highest BCUT2D eigenvalue weighted by atomic mass is 35.5. The van der Waals surface area contributed by atoms with Crippen LogP contribution in [0.25, 0.3) is 17.0 Å². The molecule has 134 valence electrons. The summed E-state index contributed by atoms with van der Waals surface area (Å²) in [7, 11) is 0. The average molecular weight is 399 g/mol. The molecule has 0 fully saturated rings. The smallest absolute Gasteiger partial charge is 0.280 e. The zero-order valence-corrected chi connectivity index (χ0v) is 15.6. The van der Waals surface area contributed by atoms with E-state index in [1.54, 1.807) is 19.1 Å². The van der Waals surface area contributed by atoms with Gasteiger partial charge in [-0.2, -0.15) is 10.1 Å². The minimum Gasteiger partial charge on any atom is -0.462 e. The number of carbonyl (C=O) groups excluding carboxylic acids is 1. The minimum atomic E-state index is -0.327. The molecule has 1 aliphatic heterocycles. The molecule has 1 aliphatic rings. The largest absolute Gasteiger partial charge is 0.462 e. The van der Waals surface area contributed by atoms with E-state index in [1.165, 1.54) is 29.5 Å². The van der Waals surface area contributed by atoms with Crippen LogP contribution in [0.2, 0.25) is 10.0 Å². The average Bonchev–Trinajstić information content (AvgIpc) is 2.93. The van der Waals surface area contributed by atoms with Crippen LogP contribution in [0, 0.1) is 0 Å². The van der Waals surface area contributed by atoms with Crippen molar-refractivity contribution in [3.05, 3.63) is 80.1 Å². The molecule has 2 aromatic carbocycles. The number of nitrogens with zero attached hydrogens (tertiary/aromatic N) is 2. The van der Waals surface area contributed by atoms with Crippen molar-refractivity contribution in [1.82, 2.24) is 0 Å². The van der Waals surface area contributed by atoms with Crippen molar-refractivity contribution in [3.63, 3.8) is 0 Å². The molecule has 0 radical (unpaired) electrons. The minimum absolute atomic E-state index is 0.216. The fourth-order valence-electron chi connectivity index (χ4n) is 2.86. The van der Waals surface area contributed by atoms with Crippen molar-refractivity contribution in [2.45, 2.75) is 6.92 Å². The number of benzene rings is 2. The summed E-state index contributed by atoms with van der Waals surface area (Å²) in [6.45, 7) is 1.71. The first-order valence-corrected chi connectivity index (χ1v) is 8.78. The summed E-state index contributed by atoms with van der Waals surface area (Å²) < 4.78 is 5.50. The van der Waals surface area contributed by atoms with Gasteiger partial charge in [0, 0.05) is 5.02 Å². The second-order valence-electron chi connectivity index (χ2n) is 5.98. The highest BCUT2D eigenvalue weighted by molar-refractivity contribution is 6.38. The Hall–Kier alpha value is -2.89. The van der Waals surface area contributed by atoms with E-state index in [4.69, 9.17) is 27.6 Å². The monoisotopic (exact) mass is 398 g/mol. The van der Waals surface area contributed by atoms with E-state index < -0.39 is 0 Å². The van der Waals surface area contributed by atoms with Gasteiger partial charge in [-0.25, -0.2) is 0 Å². The first-order chi connectivity index (χ1) is 13.0. The van der Waals surface area contributed by atoms with Gasteiger partial charge in [0.25, 0.3) is 5.91 Å². The Balaban J connectivity index is 1.80. The molecule has 0 atom stereocenters. The summed E-state index contributed by atoms with van der Waals surface area (Å²) in [4.78, 5) is 25.6. The Kier molecular flexibility index (Phi) is 4.34. The first kappa shape index (κ1) is 17.5. The Labute approximate surface area is 164 Å². The van der Waals surface area contributed by atoms with Crippen LogP contribution in [-0.2, 0) is 4.79 Å². The van der Waals surface area contributed by atoms with Crippen LogP contribution in [0.4, 0.5) is 5.69 Å². The molecular weight excluding hydrogens is 387 g/mol. The Bertz CT molecular complexity index is 1200. The molecule has 0 aliphatic carbocycles. The van der Waals surface area contributed by atoms with Crippen LogP contribution in [0.1, 0.15) is 12.5 Å². The second kappa shape index (κ2) is 6.68. The van der Waals surface area contributed by atoms with Crippen LogP contribution >= 0.6 is 23.2 Å². The quantitative estimate of drug-likeness (QED) is 0.576. The van der Waals surface area contributed by atoms with Crippen LogP contribution in [0.3, 0.4) is 0 Å². The van der Waals surface area contributed by atoms with E-state index in [1.807, 2.05) is 18.2 Å². The van der Waals surface area contributed by atoms with E-state index in [2.05, 4.69) is 5.10 Å². The number of amides is 1. The summed E-state index contributed by atoms with van der Waals surface area (Å²) in [5.41, 5.74) is 1.61. The van der Waals surface area contributed by atoms with Gasteiger partial charge in [0.15, 0.2) is 11.0 Å². The van der Waals surface area contributed by atoms with Gasteiger partial charge in [0.2, 0.25) is 0 Å². The zero-order valence-electron chi connectivity index (χ0n) is 14.1. The maximum atomic E-state index is 12.8. The van der Waals surface area contributed by atoms with E-state index in [0.29, 0.717) is 22.0 Å². The molecular formula is C20H12Cl2N2O3. The van der Waals surface area contributed by atoms with Crippen molar-refractivity contribution >= 4 is 57.6 Å². The van der Waals surface area contributed by atoms with Crippen molar-refractivity contribution in [2.24, 2.45) is 5.10 Å². The van der Waals surface area contributed by atoms with Crippen molar-refractivity contribution in [3.8, 4) is 0 Å². The van der Waals surface area contributed by atoms with Crippen LogP contribution in [0.15, 0.2) is 68.6 Å². The van der Waals surface area contributed by atoms with Crippen molar-refractivity contribution < 1.29 is 9.21 Å². The molecule has 1 amide bonds. The van der Waals surface area contributed by atoms with Gasteiger partial charge in [0.1, 0.15) is 6.26 Å². The summed E-state index contributed by atoms with van der Waals surface area (Å²) in [5, 5.41) is 6.43. The van der Waals surface area contributed by atoms with Gasteiger partial charge in [-0.15, -0.1) is 0 Å². The molecule has 3 aromatic rings. The molecule has 0 N–H and O–H groups in total. The lowest BCUT2D eigenvalue weighted by molar-refractivity contribution is -0.114. The number of anilines is 1. The van der Waals surface area contributed by atoms with Crippen molar-refractivity contribution in [1.29, 1.82) is 0 Å². The van der Waals surface area contributed by atoms with Gasteiger partial charge < -0.3 is 4.42 Å². The highest BCUT2D eigenvalue weighted by Crippen LogP contribution is 2.28. The molecule has 1 aromatic heterocycles. The first-order valence-electron chi connectivity index (χ1n) is 8.03. The zero-order chi connectivity index (χ0) is 19.1. The summed E-state index contributed by atoms with van der Waals surface area (Å²) in [5.74, 6) is -0.317. The molecule has 0 saturated carbocycles. The number of carbonyl (C=O) groups is 1. The molecule has 27 heavy (non-hydrogen) atoms. The lowest BCUT2D eigenvalue weighted by Gasteiger charge is -2.11. The third-order valence-corrected chi connectivity index (χ3v) is 4.68. The summed E-state index contributed by atoms with van der Waals surface area (Å²) >= 11 is 12.1. The number of para-hydroxylation sites is 1. The van der Waals surface area contributed by atoms with E-state index in [0.717, 1.165) is 0 Å². The van der Waals surface area contributed by atoms with Crippen LogP contribution in [0.5, 0.6) is 0 Å². The van der Waals surface area contributed by atoms with Gasteiger partial charge in [0.05, 0.1) is 32.9 Å². The number of hydrazone groups is 1. The predicted molar refractivity (Wildman–Crippen MR) is 108 cm³/mol. The molecule has 0 saturated heterocycles. The lowest BCUT2D eigenvalue weighted by atomic mass is 10.1. The second-order valence-corrected chi connectivity index (χ2v) is 6.82. The van der Waals surface area contributed by atoms with Crippen LogP contribution in [-0.4, -0.2) is 11.6 Å². The normalized spacial score (nSPS) is 15.7. The topological polar surface area (TPSA) is 62.9 Å². The lowest BCUT2D eigenvalue weighted by Crippen LogP contribution is -2.21. The fourth-order valence-corrected chi connectivity index (χ4v) is 3.40. The molecule has 0 spiro atoms.